The predicted octanol–water partition coefficient (Wildman–Crippen LogP) is 4.12. The van der Waals surface area contributed by atoms with Crippen LogP contribution in [0, 0.1) is 5.82 Å². The summed E-state index contributed by atoms with van der Waals surface area (Å²) in [4.78, 5) is 39.5. The number of nitrogens with one attached hydrogen (secondary N) is 1. The lowest BCUT2D eigenvalue weighted by molar-refractivity contribution is 0.0642. The molecule has 0 fully saturated rings. The lowest BCUT2D eigenvalue weighted by atomic mass is 10.0. The van der Waals surface area contributed by atoms with Gasteiger partial charge >= 0.3 is 0 Å². The zero-order valence-electron chi connectivity index (χ0n) is 17.6. The molecule has 0 bridgehead atoms. The molecule has 0 aromatic heterocycles. The van der Waals surface area contributed by atoms with Crippen LogP contribution in [0.2, 0.25) is 0 Å². The summed E-state index contributed by atoms with van der Waals surface area (Å²) in [6.07, 6.45) is 0. The Kier molecular flexibility index (Phi) is 5.73. The number of methoxy groups -OCH3 is 1. The number of imide groups is 1. The van der Waals surface area contributed by atoms with E-state index in [1.54, 1.807) is 13.0 Å². The van der Waals surface area contributed by atoms with Crippen molar-refractivity contribution in [2.24, 2.45) is 0 Å². The topological polar surface area (TPSA) is 75.7 Å². The van der Waals surface area contributed by atoms with E-state index in [9.17, 15) is 18.8 Å². The molecule has 4 rings (SSSR count). The van der Waals surface area contributed by atoms with Crippen LogP contribution in [0.1, 0.15) is 55.2 Å². The Balaban J connectivity index is 1.51. The van der Waals surface area contributed by atoms with Crippen LogP contribution in [0.3, 0.4) is 0 Å². The van der Waals surface area contributed by atoms with Crippen molar-refractivity contribution in [2.45, 2.75) is 19.5 Å². The fraction of sp³-hybridized carbons (Fsp3) is 0.160. The van der Waals surface area contributed by atoms with Gasteiger partial charge in [0.1, 0.15) is 0 Å². The van der Waals surface area contributed by atoms with Gasteiger partial charge in [0, 0.05) is 5.56 Å². The number of hydrogen-bond donors (Lipinski definition) is 1. The molecule has 0 radical (unpaired) electrons. The summed E-state index contributed by atoms with van der Waals surface area (Å²) < 4.78 is 18.9. The summed E-state index contributed by atoms with van der Waals surface area (Å²) >= 11 is 0. The molecule has 0 saturated carbocycles. The number of amides is 3. The van der Waals surface area contributed by atoms with Crippen molar-refractivity contribution in [1.82, 2.24) is 10.2 Å². The van der Waals surface area contributed by atoms with Crippen LogP contribution in [-0.2, 0) is 6.54 Å². The van der Waals surface area contributed by atoms with E-state index in [0.717, 1.165) is 5.56 Å². The maximum atomic E-state index is 14.0. The van der Waals surface area contributed by atoms with E-state index in [-0.39, 0.29) is 34.9 Å². The highest BCUT2D eigenvalue weighted by molar-refractivity contribution is 6.22. The van der Waals surface area contributed by atoms with E-state index >= 15 is 0 Å². The highest BCUT2D eigenvalue weighted by atomic mass is 19.1. The largest absolute Gasteiger partial charge is 0.494 e. The van der Waals surface area contributed by atoms with E-state index in [4.69, 9.17) is 4.74 Å². The fourth-order valence-corrected chi connectivity index (χ4v) is 3.66. The van der Waals surface area contributed by atoms with E-state index in [1.165, 1.54) is 42.3 Å². The average molecular weight is 432 g/mol. The van der Waals surface area contributed by atoms with Gasteiger partial charge in [-0.2, -0.15) is 0 Å². The number of carbonyl (C=O) groups excluding carboxylic acids is 3. The molecular formula is C25H21FN2O4. The second kappa shape index (κ2) is 8.63. The van der Waals surface area contributed by atoms with Gasteiger partial charge in [0.15, 0.2) is 11.6 Å². The van der Waals surface area contributed by atoms with Gasteiger partial charge in [0.05, 0.1) is 30.8 Å². The Morgan fingerprint density at radius 3 is 2.41 bits per heavy atom. The Morgan fingerprint density at radius 1 is 1.00 bits per heavy atom. The van der Waals surface area contributed by atoms with Crippen molar-refractivity contribution < 1.29 is 23.5 Å². The molecule has 1 unspecified atom stereocenters. The number of rotatable bonds is 6. The molecule has 3 aromatic rings. The average Bonchev–Trinajstić information content (AvgIpc) is 3.04. The first-order valence-electron chi connectivity index (χ1n) is 10.1. The van der Waals surface area contributed by atoms with Crippen LogP contribution < -0.4 is 10.1 Å². The van der Waals surface area contributed by atoms with Gasteiger partial charge in [-0.1, -0.05) is 36.4 Å². The van der Waals surface area contributed by atoms with Gasteiger partial charge in [-0.05, 0) is 48.4 Å². The highest BCUT2D eigenvalue weighted by Gasteiger charge is 2.36. The monoisotopic (exact) mass is 432 g/mol. The molecule has 3 amide bonds. The molecule has 1 aliphatic heterocycles. The Labute approximate surface area is 184 Å². The van der Waals surface area contributed by atoms with Crippen molar-refractivity contribution in [2.75, 3.05) is 7.11 Å². The second-order valence-electron chi connectivity index (χ2n) is 7.53. The second-order valence-corrected chi connectivity index (χ2v) is 7.53. The van der Waals surface area contributed by atoms with Gasteiger partial charge in [-0.3, -0.25) is 19.3 Å². The molecule has 7 heteroatoms. The molecular weight excluding hydrogens is 411 g/mol. The summed E-state index contributed by atoms with van der Waals surface area (Å²) in [5.74, 6) is -1.66. The van der Waals surface area contributed by atoms with Crippen LogP contribution >= 0.6 is 0 Å². The van der Waals surface area contributed by atoms with Gasteiger partial charge in [0.2, 0.25) is 0 Å². The normalized spacial score (nSPS) is 13.7. The molecule has 1 heterocycles. The van der Waals surface area contributed by atoms with E-state index in [1.807, 2.05) is 30.3 Å². The third-order valence-corrected chi connectivity index (χ3v) is 5.44. The first kappa shape index (κ1) is 21.2. The summed E-state index contributed by atoms with van der Waals surface area (Å²) in [5.41, 5.74) is 2.11. The van der Waals surface area contributed by atoms with Crippen molar-refractivity contribution in [3.63, 3.8) is 0 Å². The molecule has 3 aromatic carbocycles. The smallest absolute Gasteiger partial charge is 0.261 e. The number of ether oxygens (including phenoxy) is 1. The summed E-state index contributed by atoms with van der Waals surface area (Å²) in [6, 6.07) is 17.6. The van der Waals surface area contributed by atoms with Crippen molar-refractivity contribution >= 4 is 17.7 Å². The lowest BCUT2D eigenvalue weighted by Crippen LogP contribution is -2.29. The standard InChI is InChI=1S/C25H21FN2O4/c1-15(17-9-11-22(32-2)21(26)13-17)27-23(29)18-8-10-19-20(12-18)25(31)28(24(19)30)14-16-6-4-3-5-7-16/h3-13,15H,14H2,1-2H3,(H,27,29). The summed E-state index contributed by atoms with van der Waals surface area (Å²) in [7, 11) is 1.38. The molecule has 0 aliphatic carbocycles. The van der Waals surface area contributed by atoms with E-state index in [2.05, 4.69) is 5.32 Å². The first-order chi connectivity index (χ1) is 15.4. The zero-order valence-corrected chi connectivity index (χ0v) is 17.6. The Morgan fingerprint density at radius 2 is 1.72 bits per heavy atom. The van der Waals surface area contributed by atoms with Gasteiger partial charge in [-0.25, -0.2) is 4.39 Å². The fourth-order valence-electron chi connectivity index (χ4n) is 3.66. The van der Waals surface area contributed by atoms with Gasteiger partial charge < -0.3 is 10.1 Å². The summed E-state index contributed by atoms with van der Waals surface area (Å²) in [5, 5.41) is 2.79. The minimum atomic E-state index is -0.522. The number of halogens is 1. The Bertz CT molecular complexity index is 1210. The van der Waals surface area contributed by atoms with Crippen LogP contribution in [0.25, 0.3) is 0 Å². The third-order valence-electron chi connectivity index (χ3n) is 5.44. The SMILES string of the molecule is COc1ccc(C(C)NC(=O)c2ccc3c(c2)C(=O)N(Cc2ccccc2)C3=O)cc1F. The van der Waals surface area contributed by atoms with Crippen molar-refractivity contribution in [1.29, 1.82) is 0 Å². The van der Waals surface area contributed by atoms with E-state index in [0.29, 0.717) is 5.56 Å². The number of carbonyl (C=O) groups is 3. The molecule has 0 saturated heterocycles. The zero-order chi connectivity index (χ0) is 22.8. The molecule has 162 valence electrons. The number of benzene rings is 3. The highest BCUT2D eigenvalue weighted by Crippen LogP contribution is 2.26. The summed E-state index contributed by atoms with van der Waals surface area (Å²) in [6.45, 7) is 1.89. The van der Waals surface area contributed by atoms with Crippen molar-refractivity contribution in [3.05, 3.63) is 100 Å². The molecule has 0 spiro atoms. The minimum absolute atomic E-state index is 0.120. The maximum Gasteiger partial charge on any atom is 0.261 e. The first-order valence-corrected chi connectivity index (χ1v) is 10.1. The number of nitrogens with zero attached hydrogens (tertiary/aromatic N) is 1. The van der Waals surface area contributed by atoms with Crippen LogP contribution in [0.4, 0.5) is 4.39 Å². The molecule has 32 heavy (non-hydrogen) atoms. The molecule has 1 N–H and O–H groups in total. The van der Waals surface area contributed by atoms with Gasteiger partial charge in [-0.15, -0.1) is 0 Å². The van der Waals surface area contributed by atoms with Crippen molar-refractivity contribution in [3.8, 4) is 5.75 Å². The lowest BCUT2D eigenvalue weighted by Gasteiger charge is -2.15. The van der Waals surface area contributed by atoms with Crippen LogP contribution in [0.5, 0.6) is 5.75 Å². The molecule has 1 atom stereocenters. The van der Waals surface area contributed by atoms with Crippen LogP contribution in [-0.4, -0.2) is 29.7 Å². The minimum Gasteiger partial charge on any atom is -0.494 e. The molecule has 6 nitrogen and oxygen atoms in total. The van der Waals surface area contributed by atoms with Crippen LogP contribution in [0.15, 0.2) is 66.7 Å². The maximum absolute atomic E-state index is 14.0. The number of fused-ring (bicyclic) bond motifs is 1. The van der Waals surface area contributed by atoms with Gasteiger partial charge in [0.25, 0.3) is 17.7 Å². The quantitative estimate of drug-likeness (QED) is 0.595. The number of hydrogen-bond acceptors (Lipinski definition) is 4. The third kappa shape index (κ3) is 3.97. The van der Waals surface area contributed by atoms with E-state index < -0.39 is 23.7 Å². The predicted molar refractivity (Wildman–Crippen MR) is 116 cm³/mol. The molecule has 1 aliphatic rings. The Hall–Kier alpha value is -4.00.